The SMILES string of the molecule is COC(=O)C1CCN(c2ncnc(NCc3cccnc3)c2N)CC1. The Bertz CT molecular complexity index is 716. The van der Waals surface area contributed by atoms with Crippen molar-refractivity contribution in [3.8, 4) is 0 Å². The number of hydrogen-bond acceptors (Lipinski definition) is 8. The molecule has 0 saturated carbocycles. The number of anilines is 3. The van der Waals surface area contributed by atoms with E-state index in [2.05, 4.69) is 25.2 Å². The number of piperidine rings is 1. The van der Waals surface area contributed by atoms with E-state index in [1.165, 1.54) is 13.4 Å². The summed E-state index contributed by atoms with van der Waals surface area (Å²) in [5, 5.41) is 3.23. The number of carbonyl (C=O) groups is 1. The molecule has 0 unspecified atom stereocenters. The lowest BCUT2D eigenvalue weighted by molar-refractivity contribution is -0.146. The van der Waals surface area contributed by atoms with E-state index in [9.17, 15) is 4.79 Å². The lowest BCUT2D eigenvalue weighted by atomic mass is 9.97. The van der Waals surface area contributed by atoms with Crippen LogP contribution in [0.15, 0.2) is 30.9 Å². The van der Waals surface area contributed by atoms with E-state index < -0.39 is 0 Å². The van der Waals surface area contributed by atoms with Crippen LogP contribution in [0, 0.1) is 5.92 Å². The molecule has 2 aromatic rings. The highest BCUT2D eigenvalue weighted by Gasteiger charge is 2.27. The topological polar surface area (TPSA) is 106 Å². The maximum atomic E-state index is 11.6. The van der Waals surface area contributed by atoms with Crippen LogP contribution in [0.25, 0.3) is 0 Å². The molecular formula is C17H22N6O2. The first kappa shape index (κ1) is 16.9. The zero-order valence-electron chi connectivity index (χ0n) is 14.2. The van der Waals surface area contributed by atoms with Crippen LogP contribution in [0.5, 0.6) is 0 Å². The van der Waals surface area contributed by atoms with Crippen LogP contribution in [0.3, 0.4) is 0 Å². The van der Waals surface area contributed by atoms with E-state index in [1.807, 2.05) is 12.1 Å². The standard InChI is InChI=1S/C17H22N6O2/c1-25-17(24)13-4-7-23(8-5-13)16-14(18)15(21-11-22-16)20-10-12-3-2-6-19-9-12/h2-3,6,9,11,13H,4-5,7-8,10,18H2,1H3,(H,20,21,22). The Morgan fingerprint density at radius 3 is 2.88 bits per heavy atom. The van der Waals surface area contributed by atoms with Crippen molar-refractivity contribution in [2.75, 3.05) is 36.1 Å². The molecule has 0 radical (unpaired) electrons. The molecule has 1 saturated heterocycles. The number of esters is 1. The number of hydrogen-bond donors (Lipinski definition) is 2. The van der Waals surface area contributed by atoms with Crippen molar-refractivity contribution >= 4 is 23.3 Å². The van der Waals surface area contributed by atoms with E-state index in [0.717, 1.165) is 18.4 Å². The van der Waals surface area contributed by atoms with Gasteiger partial charge in [-0.1, -0.05) is 6.07 Å². The highest BCUT2D eigenvalue weighted by atomic mass is 16.5. The first-order chi connectivity index (χ1) is 12.2. The molecule has 0 spiro atoms. The first-order valence-corrected chi connectivity index (χ1v) is 8.25. The number of pyridine rings is 1. The summed E-state index contributed by atoms with van der Waals surface area (Å²) in [5.74, 6) is 1.11. The number of methoxy groups -OCH3 is 1. The number of nitrogens with zero attached hydrogens (tertiary/aromatic N) is 4. The summed E-state index contributed by atoms with van der Waals surface area (Å²) in [6, 6.07) is 3.87. The Morgan fingerprint density at radius 2 is 2.20 bits per heavy atom. The molecule has 0 amide bonds. The van der Waals surface area contributed by atoms with Crippen LogP contribution in [-0.4, -0.2) is 41.1 Å². The molecule has 25 heavy (non-hydrogen) atoms. The molecule has 1 aliphatic rings. The lowest BCUT2D eigenvalue weighted by Gasteiger charge is -2.32. The van der Waals surface area contributed by atoms with Crippen molar-refractivity contribution in [3.63, 3.8) is 0 Å². The van der Waals surface area contributed by atoms with Gasteiger partial charge in [0.15, 0.2) is 11.6 Å². The second-order valence-electron chi connectivity index (χ2n) is 5.96. The maximum absolute atomic E-state index is 11.6. The summed E-state index contributed by atoms with van der Waals surface area (Å²) >= 11 is 0. The molecule has 0 aliphatic carbocycles. The number of ether oxygens (including phenoxy) is 1. The van der Waals surface area contributed by atoms with Gasteiger partial charge in [0, 0.05) is 32.0 Å². The number of nitrogens with one attached hydrogen (secondary N) is 1. The predicted octanol–water partition coefficient (Wildman–Crippen LogP) is 1.46. The van der Waals surface area contributed by atoms with E-state index >= 15 is 0 Å². The van der Waals surface area contributed by atoms with E-state index in [4.69, 9.17) is 10.5 Å². The van der Waals surface area contributed by atoms with Crippen molar-refractivity contribution in [2.45, 2.75) is 19.4 Å². The summed E-state index contributed by atoms with van der Waals surface area (Å²) in [6.45, 7) is 2.00. The fourth-order valence-electron chi connectivity index (χ4n) is 2.96. The molecule has 8 heteroatoms. The molecule has 0 aromatic carbocycles. The van der Waals surface area contributed by atoms with Gasteiger partial charge in [-0.3, -0.25) is 9.78 Å². The van der Waals surface area contributed by atoms with Gasteiger partial charge in [-0.25, -0.2) is 9.97 Å². The molecule has 1 aliphatic heterocycles. The van der Waals surface area contributed by atoms with Gasteiger partial charge in [0.25, 0.3) is 0 Å². The predicted molar refractivity (Wildman–Crippen MR) is 95.0 cm³/mol. The number of nitrogens with two attached hydrogens (primary N) is 1. The summed E-state index contributed by atoms with van der Waals surface area (Å²) in [4.78, 5) is 26.4. The van der Waals surface area contributed by atoms with E-state index in [-0.39, 0.29) is 11.9 Å². The third-order valence-electron chi connectivity index (χ3n) is 4.37. The van der Waals surface area contributed by atoms with Gasteiger partial charge in [0.1, 0.15) is 12.0 Å². The minimum Gasteiger partial charge on any atom is -0.469 e. The summed E-state index contributed by atoms with van der Waals surface area (Å²) in [7, 11) is 1.43. The van der Waals surface area contributed by atoms with Crippen molar-refractivity contribution in [2.24, 2.45) is 5.92 Å². The van der Waals surface area contributed by atoms with Gasteiger partial charge in [0.2, 0.25) is 0 Å². The lowest BCUT2D eigenvalue weighted by Crippen LogP contribution is -2.37. The Morgan fingerprint density at radius 1 is 1.40 bits per heavy atom. The van der Waals surface area contributed by atoms with Gasteiger partial charge in [0.05, 0.1) is 13.0 Å². The maximum Gasteiger partial charge on any atom is 0.308 e. The zero-order chi connectivity index (χ0) is 17.6. The Hall–Kier alpha value is -2.90. The third kappa shape index (κ3) is 3.96. The van der Waals surface area contributed by atoms with Crippen LogP contribution in [0.4, 0.5) is 17.3 Å². The quantitative estimate of drug-likeness (QED) is 0.787. The van der Waals surface area contributed by atoms with Crippen LogP contribution in [-0.2, 0) is 16.1 Å². The Labute approximate surface area is 146 Å². The fourth-order valence-corrected chi connectivity index (χ4v) is 2.96. The molecule has 1 fully saturated rings. The van der Waals surface area contributed by atoms with E-state index in [1.54, 1.807) is 12.4 Å². The Kier molecular flexibility index (Phi) is 5.27. The fraction of sp³-hybridized carbons (Fsp3) is 0.412. The van der Waals surface area contributed by atoms with Gasteiger partial charge in [-0.2, -0.15) is 0 Å². The molecule has 132 valence electrons. The number of aromatic nitrogens is 3. The normalized spacial score (nSPS) is 15.0. The monoisotopic (exact) mass is 342 g/mol. The van der Waals surface area contributed by atoms with E-state index in [0.29, 0.717) is 37.0 Å². The van der Waals surface area contributed by atoms with Gasteiger partial charge in [-0.05, 0) is 24.5 Å². The van der Waals surface area contributed by atoms with Crippen molar-refractivity contribution in [1.82, 2.24) is 15.0 Å². The zero-order valence-corrected chi connectivity index (χ0v) is 14.2. The highest BCUT2D eigenvalue weighted by molar-refractivity contribution is 5.76. The Balaban J connectivity index is 1.66. The van der Waals surface area contributed by atoms with Crippen LogP contribution < -0.4 is 16.0 Å². The van der Waals surface area contributed by atoms with Crippen LogP contribution >= 0.6 is 0 Å². The largest absolute Gasteiger partial charge is 0.469 e. The van der Waals surface area contributed by atoms with Crippen LogP contribution in [0.1, 0.15) is 18.4 Å². The number of rotatable bonds is 5. The molecule has 2 aromatic heterocycles. The summed E-state index contributed by atoms with van der Waals surface area (Å²) < 4.78 is 4.82. The average Bonchev–Trinajstić information content (AvgIpc) is 2.67. The molecule has 0 atom stereocenters. The van der Waals surface area contributed by atoms with Gasteiger partial charge in [-0.15, -0.1) is 0 Å². The molecule has 3 heterocycles. The smallest absolute Gasteiger partial charge is 0.308 e. The van der Waals surface area contributed by atoms with Gasteiger partial charge < -0.3 is 20.7 Å². The third-order valence-corrected chi connectivity index (χ3v) is 4.37. The minimum absolute atomic E-state index is 0.0486. The summed E-state index contributed by atoms with van der Waals surface area (Å²) in [6.07, 6.45) is 6.49. The van der Waals surface area contributed by atoms with Crippen molar-refractivity contribution < 1.29 is 9.53 Å². The number of nitrogen functional groups attached to an aromatic ring is 1. The summed E-state index contributed by atoms with van der Waals surface area (Å²) in [5.41, 5.74) is 7.82. The molecule has 0 bridgehead atoms. The second-order valence-corrected chi connectivity index (χ2v) is 5.96. The second kappa shape index (κ2) is 7.78. The molecular weight excluding hydrogens is 320 g/mol. The molecule has 3 rings (SSSR count). The van der Waals surface area contributed by atoms with Crippen LogP contribution in [0.2, 0.25) is 0 Å². The van der Waals surface area contributed by atoms with Crippen molar-refractivity contribution in [1.29, 1.82) is 0 Å². The van der Waals surface area contributed by atoms with Crippen molar-refractivity contribution in [3.05, 3.63) is 36.4 Å². The average molecular weight is 342 g/mol. The highest BCUT2D eigenvalue weighted by Crippen LogP contribution is 2.30. The molecule has 3 N–H and O–H groups in total. The minimum atomic E-state index is -0.144. The molecule has 8 nitrogen and oxygen atoms in total. The first-order valence-electron chi connectivity index (χ1n) is 8.25. The number of carbonyl (C=O) groups excluding carboxylic acids is 1. The van der Waals surface area contributed by atoms with Gasteiger partial charge >= 0.3 is 5.97 Å².